The van der Waals surface area contributed by atoms with Gasteiger partial charge in [-0.1, -0.05) is 0 Å². The maximum atomic E-state index is 11.8. The molecule has 5 heteroatoms. The minimum Gasteiger partial charge on any atom is -0.381 e. The molecule has 0 radical (unpaired) electrons. The fourth-order valence-electron chi connectivity index (χ4n) is 1.90. The Bertz CT molecular complexity index is 219. The quantitative estimate of drug-likeness (QED) is 0.637. The van der Waals surface area contributed by atoms with E-state index in [1.807, 2.05) is 23.6 Å². The number of hydrogen-bond donors (Lipinski definition) is 0. The van der Waals surface area contributed by atoms with Gasteiger partial charge in [-0.05, 0) is 13.2 Å². The predicted octanol–water partition coefficient (Wildman–Crippen LogP) is 0.920. The van der Waals surface area contributed by atoms with Crippen LogP contribution in [-0.4, -0.2) is 73.7 Å². The Balaban J connectivity index is 2.15. The summed E-state index contributed by atoms with van der Waals surface area (Å²) in [5.74, 6) is 1.42. The summed E-state index contributed by atoms with van der Waals surface area (Å²) in [5.41, 5.74) is 0. The Kier molecular flexibility index (Phi) is 7.64. The lowest BCUT2D eigenvalue weighted by Gasteiger charge is -2.34. The Morgan fingerprint density at radius 2 is 2.00 bits per heavy atom. The van der Waals surface area contributed by atoms with Gasteiger partial charge in [0.05, 0.1) is 13.0 Å². The molecular formula is C12H24N2O2S. The van der Waals surface area contributed by atoms with E-state index in [2.05, 4.69) is 11.2 Å². The molecule has 4 nitrogen and oxygen atoms in total. The van der Waals surface area contributed by atoms with Crippen molar-refractivity contribution in [3.63, 3.8) is 0 Å². The molecular weight excluding hydrogens is 236 g/mol. The van der Waals surface area contributed by atoms with Gasteiger partial charge in [0.25, 0.3) is 0 Å². The van der Waals surface area contributed by atoms with E-state index in [4.69, 9.17) is 4.74 Å². The van der Waals surface area contributed by atoms with Crippen LogP contribution in [0.4, 0.5) is 0 Å². The van der Waals surface area contributed by atoms with Crippen LogP contribution in [0, 0.1) is 0 Å². The van der Waals surface area contributed by atoms with Crippen molar-refractivity contribution in [1.82, 2.24) is 9.80 Å². The molecule has 100 valence electrons. The summed E-state index contributed by atoms with van der Waals surface area (Å²) in [4.78, 5) is 16.2. The van der Waals surface area contributed by atoms with E-state index < -0.39 is 0 Å². The van der Waals surface area contributed by atoms with Crippen LogP contribution in [0.1, 0.15) is 13.3 Å². The van der Waals surface area contributed by atoms with Crippen LogP contribution in [0.2, 0.25) is 0 Å². The maximum Gasteiger partial charge on any atom is 0.224 e. The van der Waals surface area contributed by atoms with Gasteiger partial charge in [-0.3, -0.25) is 9.69 Å². The number of rotatable bonds is 7. The van der Waals surface area contributed by atoms with Crippen LogP contribution in [0.25, 0.3) is 0 Å². The summed E-state index contributed by atoms with van der Waals surface area (Å²) in [6, 6.07) is 0. The number of carbonyl (C=O) groups excluding carboxylic acids is 1. The molecule has 1 amide bonds. The van der Waals surface area contributed by atoms with Crippen LogP contribution in [-0.2, 0) is 9.53 Å². The van der Waals surface area contributed by atoms with Gasteiger partial charge in [0.2, 0.25) is 5.91 Å². The first-order valence-corrected chi connectivity index (χ1v) is 7.74. The molecule has 0 spiro atoms. The molecule has 0 aromatic heterocycles. The van der Waals surface area contributed by atoms with Crippen molar-refractivity contribution < 1.29 is 9.53 Å². The molecule has 0 atom stereocenters. The number of thioether (sulfide) groups is 1. The van der Waals surface area contributed by atoms with Gasteiger partial charge in [0.1, 0.15) is 0 Å². The molecule has 1 aliphatic rings. The molecule has 1 aliphatic heterocycles. The number of nitrogens with zero attached hydrogens (tertiary/aromatic N) is 2. The lowest BCUT2D eigenvalue weighted by molar-refractivity contribution is -0.134. The standard InChI is InChI=1S/C12H24N2O2S/c1-3-16-10-4-12(15)14-7-5-13(6-8-14)9-11-17-2/h3-11H2,1-2H3. The third-order valence-electron chi connectivity index (χ3n) is 3.00. The third kappa shape index (κ3) is 5.75. The van der Waals surface area contributed by atoms with Crippen molar-refractivity contribution in [2.24, 2.45) is 0 Å². The Hall–Kier alpha value is -0.260. The fourth-order valence-corrected chi connectivity index (χ4v) is 2.34. The van der Waals surface area contributed by atoms with E-state index in [1.165, 1.54) is 5.75 Å². The minimum atomic E-state index is 0.239. The first-order chi connectivity index (χ1) is 8.27. The van der Waals surface area contributed by atoms with Crippen molar-refractivity contribution in [3.05, 3.63) is 0 Å². The van der Waals surface area contributed by atoms with Gasteiger partial charge >= 0.3 is 0 Å². The summed E-state index contributed by atoms with van der Waals surface area (Å²) in [7, 11) is 0. The first-order valence-electron chi connectivity index (χ1n) is 6.34. The van der Waals surface area contributed by atoms with E-state index in [-0.39, 0.29) is 5.91 Å². The largest absolute Gasteiger partial charge is 0.381 e. The van der Waals surface area contributed by atoms with E-state index in [1.54, 1.807) is 0 Å². The van der Waals surface area contributed by atoms with Gasteiger partial charge < -0.3 is 9.64 Å². The smallest absolute Gasteiger partial charge is 0.224 e. The van der Waals surface area contributed by atoms with Gasteiger partial charge in [0.15, 0.2) is 0 Å². The molecule has 1 heterocycles. The summed E-state index contributed by atoms with van der Waals surface area (Å²) < 4.78 is 5.21. The van der Waals surface area contributed by atoms with Gasteiger partial charge in [-0.25, -0.2) is 0 Å². The number of carbonyl (C=O) groups is 1. The predicted molar refractivity (Wildman–Crippen MR) is 72.5 cm³/mol. The summed E-state index contributed by atoms with van der Waals surface area (Å²) >= 11 is 1.88. The van der Waals surface area contributed by atoms with Crippen LogP contribution in [0.3, 0.4) is 0 Å². The van der Waals surface area contributed by atoms with Crippen molar-refractivity contribution >= 4 is 17.7 Å². The zero-order valence-electron chi connectivity index (χ0n) is 11.0. The summed E-state index contributed by atoms with van der Waals surface area (Å²) in [6.45, 7) is 8.12. The Morgan fingerprint density at radius 3 is 2.59 bits per heavy atom. The lowest BCUT2D eigenvalue weighted by Crippen LogP contribution is -2.49. The van der Waals surface area contributed by atoms with Crippen LogP contribution >= 0.6 is 11.8 Å². The van der Waals surface area contributed by atoms with Crippen LogP contribution in [0.5, 0.6) is 0 Å². The maximum absolute atomic E-state index is 11.8. The summed E-state index contributed by atoms with van der Waals surface area (Å²) in [6.07, 6.45) is 2.66. The second kappa shape index (κ2) is 8.78. The highest BCUT2D eigenvalue weighted by molar-refractivity contribution is 7.98. The average molecular weight is 260 g/mol. The summed E-state index contributed by atoms with van der Waals surface area (Å²) in [5, 5.41) is 0. The number of ether oxygens (including phenoxy) is 1. The zero-order chi connectivity index (χ0) is 12.5. The normalized spacial score (nSPS) is 17.4. The van der Waals surface area contributed by atoms with E-state index in [9.17, 15) is 4.79 Å². The fraction of sp³-hybridized carbons (Fsp3) is 0.917. The van der Waals surface area contributed by atoms with E-state index in [0.717, 1.165) is 32.7 Å². The molecule has 0 saturated carbocycles. The molecule has 1 fully saturated rings. The third-order valence-corrected chi connectivity index (χ3v) is 3.59. The molecule has 0 aliphatic carbocycles. The van der Waals surface area contributed by atoms with Gasteiger partial charge in [-0.15, -0.1) is 0 Å². The van der Waals surface area contributed by atoms with E-state index >= 15 is 0 Å². The van der Waals surface area contributed by atoms with Crippen LogP contribution in [0.15, 0.2) is 0 Å². The number of amides is 1. The average Bonchev–Trinajstić information content (AvgIpc) is 2.37. The van der Waals surface area contributed by atoms with Crippen molar-refractivity contribution in [2.75, 3.05) is 57.9 Å². The van der Waals surface area contributed by atoms with Crippen LogP contribution < -0.4 is 0 Å². The molecule has 0 unspecified atom stereocenters. The highest BCUT2D eigenvalue weighted by Crippen LogP contribution is 2.05. The Labute approximate surface area is 109 Å². The minimum absolute atomic E-state index is 0.239. The number of piperazine rings is 1. The zero-order valence-corrected chi connectivity index (χ0v) is 11.8. The second-order valence-electron chi connectivity index (χ2n) is 4.16. The molecule has 0 N–H and O–H groups in total. The topological polar surface area (TPSA) is 32.8 Å². The monoisotopic (exact) mass is 260 g/mol. The molecule has 0 aromatic carbocycles. The highest BCUT2D eigenvalue weighted by Gasteiger charge is 2.20. The van der Waals surface area contributed by atoms with Crippen molar-refractivity contribution in [3.8, 4) is 0 Å². The highest BCUT2D eigenvalue weighted by atomic mass is 32.2. The molecule has 0 aromatic rings. The van der Waals surface area contributed by atoms with Crippen molar-refractivity contribution in [2.45, 2.75) is 13.3 Å². The molecule has 1 saturated heterocycles. The molecule has 17 heavy (non-hydrogen) atoms. The lowest BCUT2D eigenvalue weighted by atomic mass is 10.3. The van der Waals surface area contributed by atoms with Gasteiger partial charge in [-0.2, -0.15) is 11.8 Å². The SMILES string of the molecule is CCOCCC(=O)N1CCN(CCSC)CC1. The molecule has 1 rings (SSSR count). The second-order valence-corrected chi connectivity index (χ2v) is 5.15. The van der Waals surface area contributed by atoms with E-state index in [0.29, 0.717) is 19.6 Å². The number of hydrogen-bond acceptors (Lipinski definition) is 4. The van der Waals surface area contributed by atoms with Crippen molar-refractivity contribution in [1.29, 1.82) is 0 Å². The first kappa shape index (κ1) is 14.8. The Morgan fingerprint density at radius 1 is 1.29 bits per heavy atom. The molecule has 0 bridgehead atoms. The van der Waals surface area contributed by atoms with Gasteiger partial charge in [0, 0.05) is 45.1 Å².